The van der Waals surface area contributed by atoms with Gasteiger partial charge in [0.1, 0.15) is 0 Å². The Bertz CT molecular complexity index is 2670. The predicted octanol–water partition coefficient (Wildman–Crippen LogP) is 11.8. The van der Waals surface area contributed by atoms with E-state index >= 15 is 0 Å². The Morgan fingerprint density at radius 2 is 0.600 bits per heavy atom. The Hall–Kier alpha value is -7.84. The number of carbonyl (C=O) groups is 4. The Kier molecular flexibility index (Phi) is 12.5. The lowest BCUT2D eigenvalue weighted by molar-refractivity contribution is -0.131. The van der Waals surface area contributed by atoms with E-state index in [1.165, 1.54) is 24.3 Å². The van der Waals surface area contributed by atoms with Crippen molar-refractivity contribution in [3.8, 4) is 23.0 Å². The van der Waals surface area contributed by atoms with Crippen LogP contribution < -0.4 is 18.9 Å². The molecule has 0 saturated heterocycles. The average molecular weight is 861 g/mol. The lowest BCUT2D eigenvalue weighted by atomic mass is 9.72. The van der Waals surface area contributed by atoms with E-state index < -0.39 is 40.1 Å². The molecule has 8 heteroatoms. The highest BCUT2D eigenvalue weighted by molar-refractivity contribution is 5.93. The van der Waals surface area contributed by atoms with Crippen molar-refractivity contribution in [2.75, 3.05) is 0 Å². The van der Waals surface area contributed by atoms with Crippen LogP contribution in [-0.2, 0) is 35.4 Å². The molecule has 2 aliphatic rings. The van der Waals surface area contributed by atoms with E-state index in [-0.39, 0.29) is 23.0 Å². The first-order valence-corrected chi connectivity index (χ1v) is 21.5. The minimum atomic E-state index is -0.703. The quantitative estimate of drug-likeness (QED) is 0.0680. The fourth-order valence-corrected chi connectivity index (χ4v) is 9.12. The van der Waals surface area contributed by atoms with E-state index in [0.29, 0.717) is 12.8 Å². The molecule has 65 heavy (non-hydrogen) atoms. The third-order valence-corrected chi connectivity index (χ3v) is 11.8. The largest absolute Gasteiger partial charge is 0.419 e. The number of ether oxygens (including phenoxy) is 4. The van der Waals surface area contributed by atoms with Crippen molar-refractivity contribution in [2.24, 2.45) is 0 Å². The summed E-state index contributed by atoms with van der Waals surface area (Å²) >= 11 is 0. The van der Waals surface area contributed by atoms with Crippen molar-refractivity contribution in [3.63, 3.8) is 0 Å². The van der Waals surface area contributed by atoms with Gasteiger partial charge in [-0.15, -0.1) is 0 Å². The zero-order valence-electron chi connectivity index (χ0n) is 36.7. The van der Waals surface area contributed by atoms with Crippen LogP contribution in [0.5, 0.6) is 23.0 Å². The summed E-state index contributed by atoms with van der Waals surface area (Å²) in [6.45, 7) is 8.52. The predicted molar refractivity (Wildman–Crippen MR) is 253 cm³/mol. The van der Waals surface area contributed by atoms with Crippen LogP contribution in [0.3, 0.4) is 0 Å². The fourth-order valence-electron chi connectivity index (χ4n) is 9.12. The van der Waals surface area contributed by atoms with Gasteiger partial charge in [-0.1, -0.05) is 149 Å². The molecule has 6 aromatic carbocycles. The van der Waals surface area contributed by atoms with Gasteiger partial charge in [-0.3, -0.25) is 0 Å². The van der Waals surface area contributed by atoms with Crippen molar-refractivity contribution >= 4 is 48.2 Å². The molecule has 8 rings (SSSR count). The van der Waals surface area contributed by atoms with Crippen LogP contribution in [0.25, 0.3) is 24.3 Å². The van der Waals surface area contributed by atoms with Crippen molar-refractivity contribution in [2.45, 2.75) is 56.8 Å². The molecule has 0 N–H and O–H groups in total. The highest BCUT2D eigenvalue weighted by atomic mass is 16.6. The van der Waals surface area contributed by atoms with Crippen LogP contribution in [0, 0.1) is 0 Å². The van der Waals surface area contributed by atoms with Crippen molar-refractivity contribution < 1.29 is 38.1 Å². The summed E-state index contributed by atoms with van der Waals surface area (Å²) in [5.74, 6) is -2.25. The Labute approximate surface area is 379 Å². The van der Waals surface area contributed by atoms with Gasteiger partial charge in [0.25, 0.3) is 0 Å². The van der Waals surface area contributed by atoms with Crippen molar-refractivity contribution in [1.29, 1.82) is 0 Å². The minimum Gasteiger partial charge on any atom is -0.419 e. The number of esters is 4. The zero-order chi connectivity index (χ0) is 45.6. The van der Waals surface area contributed by atoms with E-state index in [0.717, 1.165) is 44.5 Å². The second-order valence-corrected chi connectivity index (χ2v) is 17.6. The zero-order valence-corrected chi connectivity index (χ0v) is 36.7. The highest BCUT2D eigenvalue weighted by Crippen LogP contribution is 2.65. The number of hydrogen-bond donors (Lipinski definition) is 0. The molecular weight excluding hydrogens is 813 g/mol. The maximum absolute atomic E-state index is 13.6. The Morgan fingerprint density at radius 1 is 0.369 bits per heavy atom. The summed E-state index contributed by atoms with van der Waals surface area (Å²) in [7, 11) is 0. The van der Waals surface area contributed by atoms with Crippen LogP contribution >= 0.6 is 0 Å². The molecular formula is C57H48O8. The second kappa shape index (κ2) is 18.5. The third-order valence-electron chi connectivity index (χ3n) is 11.8. The average Bonchev–Trinajstić information content (AvgIpc) is 3.65. The lowest BCUT2D eigenvalue weighted by Gasteiger charge is -2.30. The SMILES string of the molecule is CC1(C)CC2(CC(C)(C)c3cc(OC(=O)/C=C/c4ccccc4)c(OC(=O)/C=C/c4ccccc4)cc32)c2cc(OC(=O)/C=C\c3ccccc3)c(OC(=O)/C=C\c3ccccc3)cc21. The van der Waals surface area contributed by atoms with Gasteiger partial charge in [-0.2, -0.15) is 0 Å². The third kappa shape index (κ3) is 10.0. The van der Waals surface area contributed by atoms with Gasteiger partial charge >= 0.3 is 23.9 Å². The van der Waals surface area contributed by atoms with Crippen LogP contribution in [-0.4, -0.2) is 23.9 Å². The van der Waals surface area contributed by atoms with E-state index in [1.54, 1.807) is 36.4 Å². The first-order valence-electron chi connectivity index (χ1n) is 21.5. The standard InChI is InChI=1S/C57H48O8/c1-55(2)37-57(45-35-49(64-53(60)31-27-41-21-13-7-14-22-41)47(33-43(45)55)62-51(58)29-25-39-17-9-5-10-18-39)38-56(3,4)44-34-48(63-52(59)30-26-40-19-11-6-12-20-40)50(36-46(44)57)65-54(61)32-28-42-23-15-8-16-24-42/h5-36H,37-38H2,1-4H3/b29-25-,30-26+,31-27-,32-28+. The number of rotatable bonds is 12. The van der Waals surface area contributed by atoms with Crippen LogP contribution in [0.2, 0.25) is 0 Å². The number of carbonyl (C=O) groups excluding carboxylic acids is 4. The van der Waals surface area contributed by atoms with Crippen LogP contribution in [0.1, 0.15) is 85.0 Å². The first-order chi connectivity index (χ1) is 31.3. The molecule has 0 amide bonds. The Morgan fingerprint density at radius 3 is 0.846 bits per heavy atom. The second-order valence-electron chi connectivity index (χ2n) is 17.6. The molecule has 1 spiro atoms. The summed E-state index contributed by atoms with van der Waals surface area (Å²) in [6.07, 6.45) is 13.2. The van der Waals surface area contributed by atoms with Gasteiger partial charge in [0, 0.05) is 29.7 Å². The number of fused-ring (bicyclic) bond motifs is 4. The van der Waals surface area contributed by atoms with Crippen LogP contribution in [0.15, 0.2) is 170 Å². The molecule has 0 aliphatic heterocycles. The number of benzene rings is 6. The van der Waals surface area contributed by atoms with Gasteiger partial charge in [-0.05, 0) is 117 Å². The van der Waals surface area contributed by atoms with E-state index in [4.69, 9.17) is 18.9 Å². The fraction of sp³-hybridized carbons (Fsp3) is 0.158. The summed E-state index contributed by atoms with van der Waals surface area (Å²) in [4.78, 5) is 54.0. The van der Waals surface area contributed by atoms with Gasteiger partial charge in [0.15, 0.2) is 23.0 Å². The van der Waals surface area contributed by atoms with Gasteiger partial charge in [0.05, 0.1) is 0 Å². The van der Waals surface area contributed by atoms with E-state index in [1.807, 2.05) is 133 Å². The minimum absolute atomic E-state index is 0.0738. The van der Waals surface area contributed by atoms with Gasteiger partial charge < -0.3 is 18.9 Å². The summed E-state index contributed by atoms with van der Waals surface area (Å²) in [5, 5.41) is 0. The first kappa shape index (κ1) is 43.8. The van der Waals surface area contributed by atoms with Gasteiger partial charge in [0.2, 0.25) is 0 Å². The molecule has 0 bridgehead atoms. The monoisotopic (exact) mass is 860 g/mol. The Balaban J connectivity index is 1.21. The molecule has 1 atom stereocenters. The smallest absolute Gasteiger partial charge is 0.336 e. The molecule has 6 aromatic rings. The van der Waals surface area contributed by atoms with E-state index in [2.05, 4.69) is 27.7 Å². The topological polar surface area (TPSA) is 105 Å². The molecule has 1 unspecified atom stereocenters. The van der Waals surface area contributed by atoms with Crippen molar-refractivity contribution in [1.82, 2.24) is 0 Å². The maximum Gasteiger partial charge on any atom is 0.336 e. The van der Waals surface area contributed by atoms with Crippen LogP contribution in [0.4, 0.5) is 0 Å². The highest BCUT2D eigenvalue weighted by Gasteiger charge is 2.57. The summed E-state index contributed by atoms with van der Waals surface area (Å²) < 4.78 is 24.1. The molecule has 8 nitrogen and oxygen atoms in total. The molecule has 0 saturated carbocycles. The summed E-state index contributed by atoms with van der Waals surface area (Å²) in [5.41, 5.74) is 5.16. The van der Waals surface area contributed by atoms with E-state index in [9.17, 15) is 19.2 Å². The molecule has 0 aromatic heterocycles. The van der Waals surface area contributed by atoms with Crippen molar-refractivity contribution in [3.05, 3.63) is 214 Å². The van der Waals surface area contributed by atoms with Gasteiger partial charge in [-0.25, -0.2) is 19.2 Å². The maximum atomic E-state index is 13.6. The summed E-state index contributed by atoms with van der Waals surface area (Å²) in [6, 6.07) is 44.8. The molecule has 0 fully saturated rings. The molecule has 2 aliphatic carbocycles. The lowest BCUT2D eigenvalue weighted by Crippen LogP contribution is -2.27. The molecule has 0 heterocycles. The molecule has 0 radical (unpaired) electrons. The normalized spacial score (nSPS) is 16.8. The number of hydrogen-bond acceptors (Lipinski definition) is 8. The molecule has 324 valence electrons.